The van der Waals surface area contributed by atoms with Gasteiger partial charge >= 0.3 is 0 Å². The van der Waals surface area contributed by atoms with Crippen LogP contribution >= 0.6 is 0 Å². The van der Waals surface area contributed by atoms with Gasteiger partial charge in [-0.1, -0.05) is 51.3 Å². The van der Waals surface area contributed by atoms with Gasteiger partial charge < -0.3 is 25.6 Å². The number of hydrogen-bond donors (Lipinski definition) is 4. The predicted octanol–water partition coefficient (Wildman–Crippen LogP) is 5.05. The lowest BCUT2D eigenvalue weighted by molar-refractivity contribution is -0.118. The van der Waals surface area contributed by atoms with Gasteiger partial charge in [-0.3, -0.25) is 4.79 Å². The molecule has 0 saturated heterocycles. The average molecular weight is 554 g/mol. The number of para-hydroxylation sites is 1. The number of aryl methyl sites for hydroxylation is 1. The Kier molecular flexibility index (Phi) is 10.8. The van der Waals surface area contributed by atoms with Gasteiger partial charge in [-0.15, -0.1) is 0 Å². The van der Waals surface area contributed by atoms with Crippen molar-refractivity contribution in [2.45, 2.75) is 89.9 Å². The summed E-state index contributed by atoms with van der Waals surface area (Å²) >= 11 is 0. The maximum absolute atomic E-state index is 14.4. The van der Waals surface area contributed by atoms with Crippen molar-refractivity contribution in [3.05, 3.63) is 77.2 Å². The first-order valence-corrected chi connectivity index (χ1v) is 14.4. The molecular weight excluding hydrogens is 512 g/mol. The molecule has 3 atom stereocenters. The number of hydrogen-bond acceptors (Lipinski definition) is 5. The Morgan fingerprint density at radius 3 is 2.77 bits per heavy atom. The fourth-order valence-corrected chi connectivity index (χ4v) is 5.40. The Morgan fingerprint density at radius 1 is 1.18 bits per heavy atom. The minimum Gasteiger partial charge on any atom is -0.395 e. The molecule has 0 radical (unpaired) electrons. The number of aliphatic hydroxyl groups is 1. The highest BCUT2D eigenvalue weighted by molar-refractivity contribution is 5.94. The second-order valence-electron chi connectivity index (χ2n) is 10.7. The lowest BCUT2D eigenvalue weighted by Gasteiger charge is -2.29. The van der Waals surface area contributed by atoms with Crippen LogP contribution in [0.5, 0.6) is 0 Å². The van der Waals surface area contributed by atoms with Crippen LogP contribution in [0.1, 0.15) is 69.1 Å². The van der Waals surface area contributed by atoms with E-state index < -0.39 is 17.7 Å². The van der Waals surface area contributed by atoms with Crippen molar-refractivity contribution in [1.82, 2.24) is 20.2 Å². The molecule has 0 spiro atoms. The highest BCUT2D eigenvalue weighted by atomic mass is 19.1. The number of nitrogens with zero attached hydrogens (tertiary/aromatic N) is 2. The molecule has 1 aliphatic rings. The van der Waals surface area contributed by atoms with E-state index in [4.69, 9.17) is 0 Å². The maximum atomic E-state index is 14.4. The molecule has 2 aromatic carbocycles. The van der Waals surface area contributed by atoms with Crippen molar-refractivity contribution in [2.75, 3.05) is 11.9 Å². The molecule has 7 nitrogen and oxygen atoms in total. The van der Waals surface area contributed by atoms with Gasteiger partial charge in [-0.2, -0.15) is 0 Å². The topological polar surface area (TPSA) is 91.2 Å². The van der Waals surface area contributed by atoms with Gasteiger partial charge in [0.1, 0.15) is 18.0 Å². The van der Waals surface area contributed by atoms with E-state index in [1.54, 1.807) is 12.5 Å². The minimum absolute atomic E-state index is 0.0453. The minimum atomic E-state index is -0.550. The summed E-state index contributed by atoms with van der Waals surface area (Å²) in [6, 6.07) is 9.82. The molecular formula is C31H41F2N5O2. The number of aromatic nitrogens is 2. The Labute approximate surface area is 235 Å². The van der Waals surface area contributed by atoms with E-state index in [0.717, 1.165) is 43.0 Å². The highest BCUT2D eigenvalue weighted by Crippen LogP contribution is 2.26. The fourth-order valence-electron chi connectivity index (χ4n) is 5.40. The van der Waals surface area contributed by atoms with Gasteiger partial charge in [0.15, 0.2) is 5.82 Å². The van der Waals surface area contributed by atoms with E-state index in [1.165, 1.54) is 6.07 Å². The number of aliphatic hydroxyl groups excluding tert-OH is 1. The lowest BCUT2D eigenvalue weighted by Crippen LogP contribution is -2.48. The normalized spacial score (nSPS) is 16.4. The summed E-state index contributed by atoms with van der Waals surface area (Å²) in [5.41, 5.74) is 3.24. The Morgan fingerprint density at radius 2 is 2.00 bits per heavy atom. The number of rotatable bonds is 14. The predicted molar refractivity (Wildman–Crippen MR) is 153 cm³/mol. The molecule has 9 heteroatoms. The van der Waals surface area contributed by atoms with E-state index in [0.29, 0.717) is 49.2 Å². The van der Waals surface area contributed by atoms with Gasteiger partial charge in [-0.25, -0.2) is 13.8 Å². The summed E-state index contributed by atoms with van der Waals surface area (Å²) in [7, 11) is 0. The van der Waals surface area contributed by atoms with Crippen molar-refractivity contribution in [2.24, 2.45) is 0 Å². The largest absolute Gasteiger partial charge is 0.395 e. The van der Waals surface area contributed by atoms with Crippen LogP contribution in [0.2, 0.25) is 0 Å². The van der Waals surface area contributed by atoms with Gasteiger partial charge in [0.2, 0.25) is 5.91 Å². The summed E-state index contributed by atoms with van der Waals surface area (Å²) < 4.78 is 29.9. The zero-order valence-corrected chi connectivity index (χ0v) is 23.4. The molecule has 0 aliphatic heterocycles. The van der Waals surface area contributed by atoms with Crippen LogP contribution in [0.4, 0.5) is 14.6 Å². The first-order chi connectivity index (χ1) is 19.4. The smallest absolute Gasteiger partial charge is 0.242 e. The molecule has 1 aromatic heterocycles. The SMILES string of the molecule is CCCCC(CO)NCc1ccccc1-n1cnc(NC(=O)C(CCC)N[C@H]2CCc3cc(F)cc(F)c3C2)c1. The van der Waals surface area contributed by atoms with Gasteiger partial charge in [0.25, 0.3) is 0 Å². The summed E-state index contributed by atoms with van der Waals surface area (Å²) in [6.07, 6.45) is 9.66. The number of anilines is 1. The number of fused-ring (bicyclic) bond motifs is 1. The molecule has 0 saturated carbocycles. The Balaban J connectivity index is 1.40. The average Bonchev–Trinajstić information content (AvgIpc) is 3.41. The quantitative estimate of drug-likeness (QED) is 0.224. The van der Waals surface area contributed by atoms with Crippen molar-refractivity contribution in [3.8, 4) is 5.69 Å². The van der Waals surface area contributed by atoms with E-state index in [2.05, 4.69) is 27.9 Å². The van der Waals surface area contributed by atoms with Crippen LogP contribution in [0.25, 0.3) is 5.69 Å². The first kappa shape index (κ1) is 29.8. The maximum Gasteiger partial charge on any atom is 0.242 e. The fraction of sp³-hybridized carbons (Fsp3) is 0.484. The molecule has 1 heterocycles. The molecule has 40 heavy (non-hydrogen) atoms. The molecule has 4 rings (SSSR count). The van der Waals surface area contributed by atoms with Crippen LogP contribution in [-0.4, -0.2) is 45.3 Å². The van der Waals surface area contributed by atoms with Gasteiger partial charge in [0, 0.05) is 24.7 Å². The molecule has 0 fully saturated rings. The molecule has 1 aliphatic carbocycles. The number of unbranched alkanes of at least 4 members (excludes halogenated alkanes) is 1. The zero-order valence-electron chi connectivity index (χ0n) is 23.4. The standard InChI is InChI=1S/C31H41F2N5O2/c1-3-5-10-25(19-39)34-17-22-9-6-7-11-29(22)38-18-30(35-20-38)37-31(40)28(8-4-2)36-24-13-12-21-14-23(32)15-27(33)26(21)16-24/h6-7,9,11,14-15,18,20,24-25,28,34,36,39H,3-5,8,10,12-13,16-17,19H2,1-2H3,(H,37,40)/t24-,25?,28?/m0/s1. The summed E-state index contributed by atoms with van der Waals surface area (Å²) in [4.78, 5) is 17.7. The number of imidazole rings is 1. The van der Waals surface area contributed by atoms with E-state index in [9.17, 15) is 18.7 Å². The van der Waals surface area contributed by atoms with Crippen LogP contribution in [-0.2, 0) is 24.2 Å². The van der Waals surface area contributed by atoms with Crippen LogP contribution < -0.4 is 16.0 Å². The first-order valence-electron chi connectivity index (χ1n) is 14.4. The van der Waals surface area contributed by atoms with Gasteiger partial charge in [0.05, 0.1) is 24.5 Å². The number of carbonyl (C=O) groups is 1. The summed E-state index contributed by atoms with van der Waals surface area (Å²) in [6.45, 7) is 4.85. The van der Waals surface area contributed by atoms with Crippen molar-refractivity contribution >= 4 is 11.7 Å². The van der Waals surface area contributed by atoms with Crippen LogP contribution in [0.15, 0.2) is 48.9 Å². The number of halogens is 2. The zero-order chi connectivity index (χ0) is 28.5. The molecule has 4 N–H and O–H groups in total. The van der Waals surface area contributed by atoms with Crippen molar-refractivity contribution in [1.29, 1.82) is 0 Å². The lowest BCUT2D eigenvalue weighted by atomic mass is 9.87. The summed E-state index contributed by atoms with van der Waals surface area (Å²) in [5, 5.41) is 19.5. The van der Waals surface area contributed by atoms with E-state index in [1.807, 2.05) is 35.8 Å². The number of amides is 1. The van der Waals surface area contributed by atoms with Crippen molar-refractivity contribution in [3.63, 3.8) is 0 Å². The monoisotopic (exact) mass is 553 g/mol. The Hall–Kier alpha value is -3.14. The number of carbonyl (C=O) groups excluding carboxylic acids is 1. The third kappa shape index (κ3) is 7.74. The third-order valence-corrected chi connectivity index (χ3v) is 7.61. The highest BCUT2D eigenvalue weighted by Gasteiger charge is 2.27. The van der Waals surface area contributed by atoms with Crippen LogP contribution in [0, 0.1) is 11.6 Å². The molecule has 1 amide bonds. The second kappa shape index (κ2) is 14.5. The molecule has 3 aromatic rings. The number of benzene rings is 2. The molecule has 2 unspecified atom stereocenters. The van der Waals surface area contributed by atoms with E-state index in [-0.39, 0.29) is 24.6 Å². The van der Waals surface area contributed by atoms with Crippen LogP contribution in [0.3, 0.4) is 0 Å². The molecule has 216 valence electrons. The molecule has 0 bridgehead atoms. The van der Waals surface area contributed by atoms with Crippen molar-refractivity contribution < 1.29 is 18.7 Å². The Bertz CT molecular complexity index is 1260. The summed E-state index contributed by atoms with van der Waals surface area (Å²) in [5.74, 6) is -0.811. The number of nitrogens with one attached hydrogen (secondary N) is 3. The second-order valence-corrected chi connectivity index (χ2v) is 10.7. The van der Waals surface area contributed by atoms with Gasteiger partial charge in [-0.05, 0) is 60.9 Å². The van der Waals surface area contributed by atoms with E-state index >= 15 is 0 Å². The third-order valence-electron chi connectivity index (χ3n) is 7.61.